The summed E-state index contributed by atoms with van der Waals surface area (Å²) in [5, 5.41) is 0. The van der Waals surface area contributed by atoms with Gasteiger partial charge in [-0.15, -0.1) is 0 Å². The maximum Gasteiger partial charge on any atom is 0.279 e. The van der Waals surface area contributed by atoms with E-state index >= 15 is 0 Å². The van der Waals surface area contributed by atoms with E-state index in [0.717, 1.165) is 17.5 Å². The van der Waals surface area contributed by atoms with E-state index in [1.54, 1.807) is 13.0 Å². The lowest BCUT2D eigenvalue weighted by Crippen LogP contribution is -2.48. The second-order valence-electron chi connectivity index (χ2n) is 6.70. The van der Waals surface area contributed by atoms with Crippen LogP contribution in [0, 0.1) is 6.92 Å². The van der Waals surface area contributed by atoms with Gasteiger partial charge in [0.15, 0.2) is 12.7 Å². The molecule has 2 amide bonds. The van der Waals surface area contributed by atoms with Crippen LogP contribution in [0.1, 0.15) is 44.2 Å². The van der Waals surface area contributed by atoms with Gasteiger partial charge in [0.2, 0.25) is 0 Å². The Bertz CT molecular complexity index is 807. The van der Waals surface area contributed by atoms with Crippen LogP contribution in [-0.2, 0) is 9.59 Å². The minimum absolute atomic E-state index is 0.197. The highest BCUT2D eigenvalue weighted by molar-refractivity contribution is 5.85. The lowest BCUT2D eigenvalue weighted by molar-refractivity contribution is -0.133. The molecule has 0 saturated heterocycles. The van der Waals surface area contributed by atoms with E-state index in [1.165, 1.54) is 0 Å². The van der Waals surface area contributed by atoms with Crippen molar-refractivity contribution >= 4 is 11.8 Å². The normalized spacial score (nSPS) is 12.6. The van der Waals surface area contributed by atoms with Gasteiger partial charge in [0.1, 0.15) is 11.5 Å². The molecule has 2 aromatic rings. The molecule has 0 aliphatic carbocycles. The van der Waals surface area contributed by atoms with Crippen LogP contribution in [-0.4, -0.2) is 24.5 Å². The number of rotatable bonds is 8. The SMILES string of the molecule is CCC(C)c1ccccc1OC(C)C(=O)NNC(=O)COc1ccccc1C. The quantitative estimate of drug-likeness (QED) is 0.683. The Labute approximate surface area is 166 Å². The minimum atomic E-state index is -0.761. The van der Waals surface area contributed by atoms with Gasteiger partial charge in [-0.05, 0) is 49.4 Å². The Kier molecular flexibility index (Phi) is 7.87. The molecule has 0 aromatic heterocycles. The van der Waals surface area contributed by atoms with Crippen LogP contribution in [0.25, 0.3) is 0 Å². The van der Waals surface area contributed by atoms with Crippen LogP contribution in [0.3, 0.4) is 0 Å². The predicted octanol–water partition coefficient (Wildman–Crippen LogP) is 3.50. The fraction of sp³-hybridized carbons (Fsp3) is 0.364. The van der Waals surface area contributed by atoms with Gasteiger partial charge in [0.25, 0.3) is 11.8 Å². The zero-order valence-corrected chi connectivity index (χ0v) is 16.8. The van der Waals surface area contributed by atoms with E-state index in [4.69, 9.17) is 9.47 Å². The zero-order valence-electron chi connectivity index (χ0n) is 16.8. The molecular weight excluding hydrogens is 356 g/mol. The van der Waals surface area contributed by atoms with Gasteiger partial charge in [-0.1, -0.05) is 50.2 Å². The predicted molar refractivity (Wildman–Crippen MR) is 108 cm³/mol. The summed E-state index contributed by atoms with van der Waals surface area (Å²) in [6, 6.07) is 15.1. The Morgan fingerprint density at radius 2 is 1.61 bits per heavy atom. The van der Waals surface area contributed by atoms with Gasteiger partial charge >= 0.3 is 0 Å². The number of carbonyl (C=O) groups is 2. The van der Waals surface area contributed by atoms with Gasteiger partial charge in [0, 0.05) is 0 Å². The monoisotopic (exact) mass is 384 g/mol. The molecule has 0 fully saturated rings. The summed E-state index contributed by atoms with van der Waals surface area (Å²) in [5.74, 6) is 0.729. The summed E-state index contributed by atoms with van der Waals surface area (Å²) in [7, 11) is 0. The van der Waals surface area contributed by atoms with Crippen LogP contribution >= 0.6 is 0 Å². The van der Waals surface area contributed by atoms with E-state index in [0.29, 0.717) is 17.4 Å². The van der Waals surface area contributed by atoms with E-state index in [1.807, 2.05) is 49.4 Å². The molecule has 6 heteroatoms. The maximum atomic E-state index is 12.2. The number of hydrazine groups is 1. The van der Waals surface area contributed by atoms with Crippen molar-refractivity contribution in [1.29, 1.82) is 0 Å². The highest BCUT2D eigenvalue weighted by atomic mass is 16.5. The Hall–Kier alpha value is -3.02. The Balaban J connectivity index is 1.83. The number of aryl methyl sites for hydroxylation is 1. The molecule has 0 radical (unpaired) electrons. The van der Waals surface area contributed by atoms with Crippen molar-refractivity contribution < 1.29 is 19.1 Å². The van der Waals surface area contributed by atoms with Crippen molar-refractivity contribution in [3.05, 3.63) is 59.7 Å². The van der Waals surface area contributed by atoms with Gasteiger partial charge in [-0.3, -0.25) is 20.4 Å². The third-order valence-electron chi connectivity index (χ3n) is 4.51. The number of nitrogens with one attached hydrogen (secondary N) is 2. The summed E-state index contributed by atoms with van der Waals surface area (Å²) in [6.07, 6.45) is 0.209. The fourth-order valence-corrected chi connectivity index (χ4v) is 2.59. The number of benzene rings is 2. The first-order valence-electron chi connectivity index (χ1n) is 9.45. The van der Waals surface area contributed by atoms with E-state index in [-0.39, 0.29) is 6.61 Å². The lowest BCUT2D eigenvalue weighted by atomic mass is 9.98. The third kappa shape index (κ3) is 6.01. The van der Waals surface area contributed by atoms with Crippen LogP contribution < -0.4 is 20.3 Å². The van der Waals surface area contributed by atoms with Gasteiger partial charge < -0.3 is 9.47 Å². The second-order valence-corrected chi connectivity index (χ2v) is 6.70. The van der Waals surface area contributed by atoms with E-state index in [9.17, 15) is 9.59 Å². The smallest absolute Gasteiger partial charge is 0.279 e. The largest absolute Gasteiger partial charge is 0.483 e. The van der Waals surface area contributed by atoms with Crippen LogP contribution in [0.2, 0.25) is 0 Å². The molecule has 0 saturated carbocycles. The summed E-state index contributed by atoms with van der Waals surface area (Å²) in [5.41, 5.74) is 6.70. The zero-order chi connectivity index (χ0) is 20.5. The first-order valence-corrected chi connectivity index (χ1v) is 9.45. The molecule has 0 heterocycles. The highest BCUT2D eigenvalue weighted by Gasteiger charge is 2.18. The van der Waals surface area contributed by atoms with Crippen LogP contribution in [0.15, 0.2) is 48.5 Å². The summed E-state index contributed by atoms with van der Waals surface area (Å²) < 4.78 is 11.3. The van der Waals surface area contributed by atoms with Gasteiger partial charge in [0.05, 0.1) is 0 Å². The number of para-hydroxylation sites is 2. The molecule has 2 aromatic carbocycles. The Morgan fingerprint density at radius 1 is 0.964 bits per heavy atom. The fourth-order valence-electron chi connectivity index (χ4n) is 2.59. The summed E-state index contributed by atoms with van der Waals surface area (Å²) in [4.78, 5) is 24.1. The minimum Gasteiger partial charge on any atom is -0.483 e. The number of hydrogen-bond acceptors (Lipinski definition) is 4. The first kappa shape index (κ1) is 21.3. The molecule has 0 aliphatic rings. The second kappa shape index (κ2) is 10.3. The average molecular weight is 384 g/mol. The van der Waals surface area contributed by atoms with E-state index in [2.05, 4.69) is 24.7 Å². The highest BCUT2D eigenvalue weighted by Crippen LogP contribution is 2.29. The van der Waals surface area contributed by atoms with Crippen molar-refractivity contribution in [3.63, 3.8) is 0 Å². The maximum absolute atomic E-state index is 12.2. The third-order valence-corrected chi connectivity index (χ3v) is 4.51. The van der Waals surface area contributed by atoms with Crippen molar-refractivity contribution in [1.82, 2.24) is 10.9 Å². The van der Waals surface area contributed by atoms with Gasteiger partial charge in [-0.25, -0.2) is 0 Å². The average Bonchev–Trinajstić information content (AvgIpc) is 2.71. The number of ether oxygens (including phenoxy) is 2. The molecular formula is C22H28N2O4. The molecule has 6 nitrogen and oxygen atoms in total. The van der Waals surface area contributed by atoms with Crippen LogP contribution in [0.4, 0.5) is 0 Å². The molecule has 2 unspecified atom stereocenters. The summed E-state index contributed by atoms with van der Waals surface area (Å²) in [6.45, 7) is 7.55. The first-order chi connectivity index (χ1) is 13.4. The molecule has 0 spiro atoms. The Morgan fingerprint density at radius 3 is 2.29 bits per heavy atom. The topological polar surface area (TPSA) is 76.7 Å². The number of amides is 2. The molecule has 150 valence electrons. The summed E-state index contributed by atoms with van der Waals surface area (Å²) >= 11 is 0. The lowest BCUT2D eigenvalue weighted by Gasteiger charge is -2.19. The van der Waals surface area contributed by atoms with Crippen molar-refractivity contribution in [2.45, 2.75) is 46.1 Å². The molecule has 0 aliphatic heterocycles. The molecule has 28 heavy (non-hydrogen) atoms. The van der Waals surface area contributed by atoms with Crippen molar-refractivity contribution in [3.8, 4) is 11.5 Å². The number of carbonyl (C=O) groups excluding carboxylic acids is 2. The standard InChI is InChI=1S/C22H28N2O4/c1-5-15(2)18-11-7-9-13-20(18)28-17(4)22(26)24-23-21(25)14-27-19-12-8-6-10-16(19)3/h6-13,15,17H,5,14H2,1-4H3,(H,23,25)(H,24,26). The molecule has 2 rings (SSSR count). The van der Waals surface area contributed by atoms with Crippen molar-refractivity contribution in [2.75, 3.05) is 6.61 Å². The van der Waals surface area contributed by atoms with Gasteiger partial charge in [-0.2, -0.15) is 0 Å². The van der Waals surface area contributed by atoms with Crippen LogP contribution in [0.5, 0.6) is 11.5 Å². The molecule has 2 atom stereocenters. The molecule has 0 bridgehead atoms. The van der Waals surface area contributed by atoms with E-state index < -0.39 is 17.9 Å². The van der Waals surface area contributed by atoms with Crippen molar-refractivity contribution in [2.24, 2.45) is 0 Å². The molecule has 2 N–H and O–H groups in total. The number of hydrogen-bond donors (Lipinski definition) is 2.